The van der Waals surface area contributed by atoms with Crippen LogP contribution in [0, 0.1) is 0 Å². The van der Waals surface area contributed by atoms with Crippen LogP contribution in [0.25, 0.3) is 5.69 Å². The number of hydrogen-bond acceptors (Lipinski definition) is 2. The first-order chi connectivity index (χ1) is 8.22. The van der Waals surface area contributed by atoms with Crippen LogP contribution in [0.2, 0.25) is 0 Å². The number of nitrogens with one attached hydrogen (secondary N) is 1. The van der Waals surface area contributed by atoms with E-state index in [-0.39, 0.29) is 0 Å². The van der Waals surface area contributed by atoms with E-state index >= 15 is 0 Å². The molecule has 0 aliphatic rings. The number of nitrogens with zero attached hydrogens (tertiary/aromatic N) is 2. The van der Waals surface area contributed by atoms with E-state index in [1.165, 1.54) is 5.56 Å². The summed E-state index contributed by atoms with van der Waals surface area (Å²) in [5.74, 6) is 0.469. The van der Waals surface area contributed by atoms with Crippen LogP contribution < -0.4 is 5.32 Å². The topological polar surface area (TPSA) is 29.9 Å². The summed E-state index contributed by atoms with van der Waals surface area (Å²) in [6.07, 6.45) is 4.02. The minimum absolute atomic E-state index is 0.469. The summed E-state index contributed by atoms with van der Waals surface area (Å²) in [6, 6.07) is 8.08. The van der Waals surface area contributed by atoms with Crippen molar-refractivity contribution in [1.82, 2.24) is 15.1 Å². The summed E-state index contributed by atoms with van der Waals surface area (Å²) >= 11 is 3.54. The Bertz CT molecular complexity index is 493. The van der Waals surface area contributed by atoms with Gasteiger partial charge in [-0.3, -0.25) is 0 Å². The van der Waals surface area contributed by atoms with Crippen molar-refractivity contribution in [1.29, 1.82) is 0 Å². The molecule has 2 aromatic rings. The molecule has 2 rings (SSSR count). The maximum absolute atomic E-state index is 4.41. The Balaban J connectivity index is 2.27. The van der Waals surface area contributed by atoms with Gasteiger partial charge in [0.25, 0.3) is 0 Å². The van der Waals surface area contributed by atoms with Crippen molar-refractivity contribution in [3.8, 4) is 5.69 Å². The van der Waals surface area contributed by atoms with E-state index in [2.05, 4.69) is 39.5 Å². The van der Waals surface area contributed by atoms with Gasteiger partial charge in [-0.15, -0.1) is 0 Å². The van der Waals surface area contributed by atoms with Crippen LogP contribution in [0.15, 0.2) is 41.1 Å². The molecular weight excluding hydrogens is 278 g/mol. The van der Waals surface area contributed by atoms with Gasteiger partial charge in [0.15, 0.2) is 0 Å². The molecule has 17 heavy (non-hydrogen) atoms. The normalized spacial score (nSPS) is 12.6. The van der Waals surface area contributed by atoms with Crippen molar-refractivity contribution in [2.24, 2.45) is 0 Å². The van der Waals surface area contributed by atoms with Gasteiger partial charge in [0, 0.05) is 17.2 Å². The lowest BCUT2D eigenvalue weighted by molar-refractivity contribution is 0.677. The SMILES string of the molecule is CNCC(C)c1cnn(-c2ccccc2Br)c1. The predicted octanol–water partition coefficient (Wildman–Crippen LogP) is 2.96. The molecule has 4 heteroatoms. The zero-order valence-electron chi connectivity index (χ0n) is 10.0. The summed E-state index contributed by atoms with van der Waals surface area (Å²) in [4.78, 5) is 0. The van der Waals surface area contributed by atoms with Crippen LogP contribution >= 0.6 is 15.9 Å². The molecule has 0 saturated heterocycles. The lowest BCUT2D eigenvalue weighted by Crippen LogP contribution is -2.14. The number of aromatic nitrogens is 2. The van der Waals surface area contributed by atoms with E-state index in [0.29, 0.717) is 5.92 Å². The van der Waals surface area contributed by atoms with Gasteiger partial charge in [-0.25, -0.2) is 4.68 Å². The van der Waals surface area contributed by atoms with Crippen molar-refractivity contribution in [2.75, 3.05) is 13.6 Å². The van der Waals surface area contributed by atoms with Crippen molar-refractivity contribution in [2.45, 2.75) is 12.8 Å². The fourth-order valence-corrected chi connectivity index (χ4v) is 2.25. The molecule has 0 fully saturated rings. The second-order valence-corrected chi connectivity index (χ2v) is 4.98. The third-order valence-corrected chi connectivity index (χ3v) is 3.45. The molecule has 0 bridgehead atoms. The molecule has 0 saturated carbocycles. The molecule has 0 aliphatic heterocycles. The summed E-state index contributed by atoms with van der Waals surface area (Å²) in [7, 11) is 1.97. The lowest BCUT2D eigenvalue weighted by Gasteiger charge is -2.07. The van der Waals surface area contributed by atoms with Gasteiger partial charge >= 0.3 is 0 Å². The van der Waals surface area contributed by atoms with Crippen molar-refractivity contribution < 1.29 is 0 Å². The number of rotatable bonds is 4. The number of likely N-dealkylation sites (N-methyl/N-ethyl adjacent to an activating group) is 1. The number of halogens is 1. The lowest BCUT2D eigenvalue weighted by atomic mass is 10.1. The van der Waals surface area contributed by atoms with Crippen LogP contribution in [0.4, 0.5) is 0 Å². The minimum atomic E-state index is 0.469. The maximum Gasteiger partial charge on any atom is 0.0787 e. The highest BCUT2D eigenvalue weighted by atomic mass is 79.9. The Labute approximate surface area is 110 Å². The number of benzene rings is 1. The molecule has 1 N–H and O–H groups in total. The maximum atomic E-state index is 4.41. The molecule has 0 amide bonds. The predicted molar refractivity (Wildman–Crippen MR) is 73.6 cm³/mol. The van der Waals surface area contributed by atoms with E-state index in [0.717, 1.165) is 16.7 Å². The highest BCUT2D eigenvalue weighted by Crippen LogP contribution is 2.21. The fraction of sp³-hybridized carbons (Fsp3) is 0.308. The van der Waals surface area contributed by atoms with Crippen molar-refractivity contribution in [3.05, 3.63) is 46.7 Å². The largest absolute Gasteiger partial charge is 0.319 e. The third-order valence-electron chi connectivity index (χ3n) is 2.78. The molecule has 1 unspecified atom stereocenters. The third kappa shape index (κ3) is 2.76. The molecule has 0 spiro atoms. The van der Waals surface area contributed by atoms with E-state index in [1.807, 2.05) is 42.2 Å². The molecule has 0 radical (unpaired) electrons. The molecule has 1 aromatic heterocycles. The summed E-state index contributed by atoms with van der Waals surface area (Å²) in [6.45, 7) is 3.15. The molecule has 3 nitrogen and oxygen atoms in total. The second-order valence-electron chi connectivity index (χ2n) is 4.13. The number of hydrogen-bond donors (Lipinski definition) is 1. The highest BCUT2D eigenvalue weighted by molar-refractivity contribution is 9.10. The fourth-order valence-electron chi connectivity index (χ4n) is 1.78. The van der Waals surface area contributed by atoms with Gasteiger partial charge in [0.1, 0.15) is 0 Å². The monoisotopic (exact) mass is 293 g/mol. The van der Waals surface area contributed by atoms with Gasteiger partial charge < -0.3 is 5.32 Å². The average molecular weight is 294 g/mol. The van der Waals surface area contributed by atoms with Gasteiger partial charge in [0.2, 0.25) is 0 Å². The Morgan fingerprint density at radius 2 is 2.18 bits per heavy atom. The molecule has 1 heterocycles. The average Bonchev–Trinajstić information content (AvgIpc) is 2.79. The first-order valence-corrected chi connectivity index (χ1v) is 6.45. The summed E-state index contributed by atoms with van der Waals surface area (Å²) < 4.78 is 2.96. The molecule has 1 atom stereocenters. The molecule has 1 aromatic carbocycles. The second kappa shape index (κ2) is 5.47. The van der Waals surface area contributed by atoms with E-state index in [4.69, 9.17) is 0 Å². The van der Waals surface area contributed by atoms with Crippen LogP contribution in [-0.4, -0.2) is 23.4 Å². The number of para-hydroxylation sites is 1. The van der Waals surface area contributed by atoms with E-state index < -0.39 is 0 Å². The first-order valence-electron chi connectivity index (χ1n) is 5.66. The highest BCUT2D eigenvalue weighted by Gasteiger charge is 2.09. The van der Waals surface area contributed by atoms with E-state index in [9.17, 15) is 0 Å². The molecule has 0 aliphatic carbocycles. The summed E-state index contributed by atoms with van der Waals surface area (Å²) in [5, 5.41) is 7.59. The zero-order chi connectivity index (χ0) is 12.3. The molecular formula is C13H16BrN3. The van der Waals surface area contributed by atoms with Gasteiger partial charge in [-0.2, -0.15) is 5.10 Å². The quantitative estimate of drug-likeness (QED) is 0.939. The van der Waals surface area contributed by atoms with Crippen molar-refractivity contribution >= 4 is 15.9 Å². The molecule has 90 valence electrons. The Hall–Kier alpha value is -1.13. The van der Waals surface area contributed by atoms with Gasteiger partial charge in [-0.1, -0.05) is 19.1 Å². The van der Waals surface area contributed by atoms with Gasteiger partial charge in [0.05, 0.1) is 11.9 Å². The van der Waals surface area contributed by atoms with Crippen molar-refractivity contribution in [3.63, 3.8) is 0 Å². The standard InChI is InChI=1S/C13H16BrN3/c1-10(7-15-2)11-8-16-17(9-11)13-6-4-3-5-12(13)14/h3-6,8-10,15H,7H2,1-2H3. The zero-order valence-corrected chi connectivity index (χ0v) is 11.6. The van der Waals surface area contributed by atoms with Crippen LogP contribution in [0.1, 0.15) is 18.4 Å². The first kappa shape index (κ1) is 12.3. The smallest absolute Gasteiger partial charge is 0.0787 e. The van der Waals surface area contributed by atoms with Crippen LogP contribution in [-0.2, 0) is 0 Å². The summed E-state index contributed by atoms with van der Waals surface area (Å²) in [5.41, 5.74) is 2.31. The minimum Gasteiger partial charge on any atom is -0.319 e. The Kier molecular flexibility index (Phi) is 3.97. The Morgan fingerprint density at radius 3 is 2.88 bits per heavy atom. The Morgan fingerprint density at radius 1 is 1.41 bits per heavy atom. The van der Waals surface area contributed by atoms with Crippen LogP contribution in [0.5, 0.6) is 0 Å². The van der Waals surface area contributed by atoms with E-state index in [1.54, 1.807) is 0 Å². The van der Waals surface area contributed by atoms with Crippen LogP contribution in [0.3, 0.4) is 0 Å². The van der Waals surface area contributed by atoms with Gasteiger partial charge in [-0.05, 0) is 46.6 Å².